The summed E-state index contributed by atoms with van der Waals surface area (Å²) in [7, 11) is -3.27. The van der Waals surface area contributed by atoms with E-state index in [0.29, 0.717) is 12.1 Å². The van der Waals surface area contributed by atoms with E-state index in [1.54, 1.807) is 0 Å². The molecule has 1 aliphatic heterocycles. The number of nitrogens with one attached hydrogen (secondary N) is 1. The van der Waals surface area contributed by atoms with Crippen molar-refractivity contribution in [3.8, 4) is 0 Å². The predicted octanol–water partition coefficient (Wildman–Crippen LogP) is 3.69. The van der Waals surface area contributed by atoms with Gasteiger partial charge in [-0.25, -0.2) is 12.8 Å². The number of nitrogens with zero attached hydrogens (tertiary/aromatic N) is 2. The first-order valence-corrected chi connectivity index (χ1v) is 11.0. The summed E-state index contributed by atoms with van der Waals surface area (Å²) in [4.78, 5) is 4.52. The van der Waals surface area contributed by atoms with E-state index >= 15 is 0 Å². The molecule has 1 aliphatic rings. The average molecular weight is 392 g/mol. The van der Waals surface area contributed by atoms with Gasteiger partial charge in [0.2, 0.25) is 10.0 Å². The Bertz CT molecular complexity index is 831. The summed E-state index contributed by atoms with van der Waals surface area (Å²) in [6.07, 6.45) is 1.51. The number of hydrogen-bond donors (Lipinski definition) is 1. The zero-order valence-corrected chi connectivity index (χ0v) is 16.4. The SMILES string of the molecule is CCCCS(=O)(=O)Nc1ccc(N2CCN(c3ccc(F)cc3)CC2)cc1. The van der Waals surface area contributed by atoms with Gasteiger partial charge in [-0.1, -0.05) is 13.3 Å². The Morgan fingerprint density at radius 1 is 0.889 bits per heavy atom. The van der Waals surface area contributed by atoms with Crippen LogP contribution < -0.4 is 14.5 Å². The largest absolute Gasteiger partial charge is 0.368 e. The highest BCUT2D eigenvalue weighted by atomic mass is 32.2. The second-order valence-corrected chi connectivity index (χ2v) is 8.61. The van der Waals surface area contributed by atoms with Crippen molar-refractivity contribution in [1.82, 2.24) is 0 Å². The first-order valence-electron chi connectivity index (χ1n) is 9.33. The minimum absolute atomic E-state index is 0.149. The lowest BCUT2D eigenvalue weighted by Gasteiger charge is -2.37. The fourth-order valence-electron chi connectivity index (χ4n) is 3.18. The normalized spacial score (nSPS) is 15.0. The second-order valence-electron chi connectivity index (χ2n) is 6.77. The van der Waals surface area contributed by atoms with Gasteiger partial charge in [-0.2, -0.15) is 0 Å². The van der Waals surface area contributed by atoms with E-state index in [1.165, 1.54) is 12.1 Å². The van der Waals surface area contributed by atoms with Crippen molar-refractivity contribution in [2.75, 3.05) is 46.5 Å². The number of sulfonamides is 1. The van der Waals surface area contributed by atoms with Crippen molar-refractivity contribution in [3.63, 3.8) is 0 Å². The van der Waals surface area contributed by atoms with Gasteiger partial charge >= 0.3 is 0 Å². The molecule has 27 heavy (non-hydrogen) atoms. The quantitative estimate of drug-likeness (QED) is 0.782. The van der Waals surface area contributed by atoms with Crippen molar-refractivity contribution in [3.05, 3.63) is 54.3 Å². The Morgan fingerprint density at radius 2 is 1.37 bits per heavy atom. The highest BCUT2D eigenvalue weighted by Crippen LogP contribution is 2.23. The van der Waals surface area contributed by atoms with Crippen molar-refractivity contribution < 1.29 is 12.8 Å². The van der Waals surface area contributed by atoms with Crippen LogP contribution in [0, 0.1) is 5.82 Å². The molecule has 0 aromatic heterocycles. The number of benzene rings is 2. The molecular formula is C20H26FN3O2S. The van der Waals surface area contributed by atoms with Crippen LogP contribution in [0.25, 0.3) is 0 Å². The number of piperazine rings is 1. The topological polar surface area (TPSA) is 52.7 Å². The van der Waals surface area contributed by atoms with Gasteiger partial charge in [-0.05, 0) is 55.0 Å². The third-order valence-corrected chi connectivity index (χ3v) is 6.12. The summed E-state index contributed by atoms with van der Waals surface area (Å²) in [6, 6.07) is 14.1. The third-order valence-electron chi connectivity index (χ3n) is 4.74. The Morgan fingerprint density at radius 3 is 1.85 bits per heavy atom. The molecule has 3 rings (SSSR count). The number of halogens is 1. The van der Waals surface area contributed by atoms with Crippen LogP contribution in [-0.2, 0) is 10.0 Å². The summed E-state index contributed by atoms with van der Waals surface area (Å²) in [5.74, 6) is -0.0702. The number of anilines is 3. The van der Waals surface area contributed by atoms with Gasteiger partial charge in [-0.15, -0.1) is 0 Å². The Labute approximate surface area is 160 Å². The molecule has 0 radical (unpaired) electrons. The summed E-state index contributed by atoms with van der Waals surface area (Å²) < 4.78 is 39.7. The molecule has 7 heteroatoms. The van der Waals surface area contributed by atoms with E-state index in [1.807, 2.05) is 43.3 Å². The lowest BCUT2D eigenvalue weighted by Crippen LogP contribution is -2.46. The second kappa shape index (κ2) is 8.61. The Hall–Kier alpha value is -2.28. The monoisotopic (exact) mass is 391 g/mol. The summed E-state index contributed by atoms with van der Waals surface area (Å²) in [5, 5.41) is 0. The fraction of sp³-hybridized carbons (Fsp3) is 0.400. The summed E-state index contributed by atoms with van der Waals surface area (Å²) >= 11 is 0. The molecule has 1 fully saturated rings. The average Bonchev–Trinajstić information content (AvgIpc) is 2.68. The van der Waals surface area contributed by atoms with Crippen molar-refractivity contribution in [1.29, 1.82) is 0 Å². The van der Waals surface area contributed by atoms with E-state index < -0.39 is 10.0 Å². The van der Waals surface area contributed by atoms with Crippen molar-refractivity contribution in [2.45, 2.75) is 19.8 Å². The zero-order chi connectivity index (χ0) is 19.3. The molecule has 2 aromatic carbocycles. The lowest BCUT2D eigenvalue weighted by atomic mass is 10.2. The van der Waals surface area contributed by atoms with Crippen LogP contribution in [0.4, 0.5) is 21.5 Å². The maximum absolute atomic E-state index is 13.1. The molecule has 1 N–H and O–H groups in total. The van der Waals surface area contributed by atoms with Crippen LogP contribution in [0.2, 0.25) is 0 Å². The molecule has 0 bridgehead atoms. The molecule has 5 nitrogen and oxygen atoms in total. The number of hydrogen-bond acceptors (Lipinski definition) is 4. The number of unbranched alkanes of at least 4 members (excludes halogenated alkanes) is 1. The van der Waals surface area contributed by atoms with Gasteiger partial charge in [0.25, 0.3) is 0 Å². The molecule has 0 saturated carbocycles. The molecule has 0 atom stereocenters. The van der Waals surface area contributed by atoms with Gasteiger partial charge in [-0.3, -0.25) is 4.72 Å². The van der Waals surface area contributed by atoms with Gasteiger partial charge < -0.3 is 9.80 Å². The molecule has 0 spiro atoms. The molecular weight excluding hydrogens is 365 g/mol. The third kappa shape index (κ3) is 5.35. The lowest BCUT2D eigenvalue weighted by molar-refractivity contribution is 0.598. The molecule has 2 aromatic rings. The molecule has 0 aliphatic carbocycles. The van der Waals surface area contributed by atoms with E-state index in [-0.39, 0.29) is 11.6 Å². The first kappa shape index (κ1) is 19.5. The highest BCUT2D eigenvalue weighted by Gasteiger charge is 2.18. The van der Waals surface area contributed by atoms with Crippen molar-refractivity contribution in [2.24, 2.45) is 0 Å². The van der Waals surface area contributed by atoms with Crippen LogP contribution in [-0.4, -0.2) is 40.3 Å². The Kier molecular flexibility index (Phi) is 6.21. The van der Waals surface area contributed by atoms with Crippen molar-refractivity contribution >= 4 is 27.1 Å². The van der Waals surface area contributed by atoms with Crippen LogP contribution in [0.3, 0.4) is 0 Å². The first-order chi connectivity index (χ1) is 13.0. The van der Waals surface area contributed by atoms with Gasteiger partial charge in [0, 0.05) is 43.2 Å². The van der Waals surface area contributed by atoms with Gasteiger partial charge in [0.1, 0.15) is 5.82 Å². The molecule has 146 valence electrons. The molecule has 1 saturated heterocycles. The fourth-order valence-corrected chi connectivity index (χ4v) is 4.45. The number of rotatable bonds is 7. The van der Waals surface area contributed by atoms with Crippen LogP contribution in [0.15, 0.2) is 48.5 Å². The molecule has 0 unspecified atom stereocenters. The van der Waals surface area contributed by atoms with Gasteiger partial charge in [0.05, 0.1) is 5.75 Å². The summed E-state index contributed by atoms with van der Waals surface area (Å²) in [6.45, 7) is 5.41. The maximum Gasteiger partial charge on any atom is 0.232 e. The minimum Gasteiger partial charge on any atom is -0.368 e. The van der Waals surface area contributed by atoms with E-state index in [2.05, 4.69) is 14.5 Å². The minimum atomic E-state index is -3.27. The highest BCUT2D eigenvalue weighted by molar-refractivity contribution is 7.92. The van der Waals surface area contributed by atoms with Crippen LogP contribution in [0.5, 0.6) is 0 Å². The van der Waals surface area contributed by atoms with E-state index in [4.69, 9.17) is 0 Å². The predicted molar refractivity (Wildman–Crippen MR) is 110 cm³/mol. The molecule has 0 amide bonds. The standard InChI is InChI=1S/C20H26FN3O2S/c1-2-3-16-27(25,26)22-18-6-10-20(11-7-18)24-14-12-23(13-15-24)19-8-4-17(21)5-9-19/h4-11,22H,2-3,12-16H2,1H3. The molecule has 1 heterocycles. The van der Waals surface area contributed by atoms with Crippen LogP contribution >= 0.6 is 0 Å². The smallest absolute Gasteiger partial charge is 0.232 e. The summed E-state index contributed by atoms with van der Waals surface area (Å²) in [5.41, 5.74) is 2.71. The Balaban J connectivity index is 1.56. The zero-order valence-electron chi connectivity index (χ0n) is 15.6. The van der Waals surface area contributed by atoms with E-state index in [0.717, 1.165) is 44.0 Å². The van der Waals surface area contributed by atoms with Crippen LogP contribution in [0.1, 0.15) is 19.8 Å². The van der Waals surface area contributed by atoms with E-state index in [9.17, 15) is 12.8 Å². The van der Waals surface area contributed by atoms with Gasteiger partial charge in [0.15, 0.2) is 0 Å². The maximum atomic E-state index is 13.1.